The van der Waals surface area contributed by atoms with Crippen molar-refractivity contribution in [3.05, 3.63) is 0 Å². The van der Waals surface area contributed by atoms with Crippen molar-refractivity contribution in [1.29, 1.82) is 0 Å². The van der Waals surface area contributed by atoms with Gasteiger partial charge in [0.15, 0.2) is 0 Å². The number of aliphatic hydroxyl groups is 1. The van der Waals surface area contributed by atoms with Gasteiger partial charge in [-0.2, -0.15) is 0 Å². The molecule has 0 saturated carbocycles. The zero-order chi connectivity index (χ0) is 13.6. The molecular formula is C15H32N2O. The predicted octanol–water partition coefficient (Wildman–Crippen LogP) is 2.10. The van der Waals surface area contributed by atoms with Gasteiger partial charge in [0.05, 0.1) is 0 Å². The molecule has 1 heterocycles. The van der Waals surface area contributed by atoms with Crippen molar-refractivity contribution >= 4 is 0 Å². The van der Waals surface area contributed by atoms with Crippen LogP contribution in [0.2, 0.25) is 0 Å². The van der Waals surface area contributed by atoms with Crippen molar-refractivity contribution in [2.24, 2.45) is 11.3 Å². The molecule has 1 saturated heterocycles. The first-order chi connectivity index (χ1) is 8.44. The van der Waals surface area contributed by atoms with Gasteiger partial charge in [0, 0.05) is 32.3 Å². The molecule has 18 heavy (non-hydrogen) atoms. The van der Waals surface area contributed by atoms with E-state index in [4.69, 9.17) is 5.11 Å². The molecule has 2 atom stereocenters. The second kappa shape index (κ2) is 7.46. The minimum atomic E-state index is 0.336. The predicted molar refractivity (Wildman–Crippen MR) is 77.8 cm³/mol. The van der Waals surface area contributed by atoms with Crippen LogP contribution < -0.4 is 5.32 Å². The van der Waals surface area contributed by atoms with Crippen LogP contribution in [0.15, 0.2) is 0 Å². The van der Waals surface area contributed by atoms with Crippen LogP contribution in [0, 0.1) is 11.3 Å². The largest absolute Gasteiger partial charge is 0.396 e. The van der Waals surface area contributed by atoms with E-state index in [9.17, 15) is 0 Å². The molecule has 0 amide bonds. The summed E-state index contributed by atoms with van der Waals surface area (Å²) in [5.74, 6) is 0.753. The van der Waals surface area contributed by atoms with E-state index in [-0.39, 0.29) is 0 Å². The third kappa shape index (κ3) is 6.17. The van der Waals surface area contributed by atoms with Gasteiger partial charge in [0.2, 0.25) is 0 Å². The SMILES string of the molecule is CCN1CC(CCCO)CC(NCC(C)(C)C)C1. The maximum atomic E-state index is 8.97. The number of aliphatic hydroxyl groups excluding tert-OH is 1. The Morgan fingerprint density at radius 3 is 2.56 bits per heavy atom. The Bertz CT molecular complexity index is 225. The van der Waals surface area contributed by atoms with Gasteiger partial charge in [0.25, 0.3) is 0 Å². The quantitative estimate of drug-likeness (QED) is 0.764. The Hall–Kier alpha value is -0.120. The first kappa shape index (κ1) is 15.9. The Labute approximate surface area is 113 Å². The molecule has 0 aliphatic carbocycles. The highest BCUT2D eigenvalue weighted by molar-refractivity contribution is 4.84. The number of likely N-dealkylation sites (N-methyl/N-ethyl adjacent to an activating group) is 1. The number of likely N-dealkylation sites (tertiary alicyclic amines) is 1. The van der Waals surface area contributed by atoms with E-state index in [1.807, 2.05) is 0 Å². The van der Waals surface area contributed by atoms with E-state index in [0.29, 0.717) is 18.1 Å². The van der Waals surface area contributed by atoms with Crippen molar-refractivity contribution in [3.8, 4) is 0 Å². The third-order valence-electron chi connectivity index (χ3n) is 3.75. The Balaban J connectivity index is 2.41. The summed E-state index contributed by atoms with van der Waals surface area (Å²) >= 11 is 0. The Kier molecular flexibility index (Phi) is 6.61. The third-order valence-corrected chi connectivity index (χ3v) is 3.75. The lowest BCUT2D eigenvalue weighted by Gasteiger charge is -2.39. The van der Waals surface area contributed by atoms with E-state index in [1.165, 1.54) is 25.9 Å². The molecule has 1 aliphatic rings. The maximum absolute atomic E-state index is 8.97. The van der Waals surface area contributed by atoms with E-state index in [2.05, 4.69) is 37.9 Å². The normalized spacial score (nSPS) is 26.5. The number of piperidine rings is 1. The highest BCUT2D eigenvalue weighted by atomic mass is 16.2. The van der Waals surface area contributed by atoms with Gasteiger partial charge in [-0.1, -0.05) is 27.7 Å². The Morgan fingerprint density at radius 2 is 2.00 bits per heavy atom. The number of nitrogens with one attached hydrogen (secondary N) is 1. The summed E-state index contributed by atoms with van der Waals surface area (Å²) in [5, 5.41) is 12.7. The molecule has 1 fully saturated rings. The summed E-state index contributed by atoms with van der Waals surface area (Å²) in [5.41, 5.74) is 0.356. The molecule has 2 unspecified atom stereocenters. The van der Waals surface area contributed by atoms with E-state index >= 15 is 0 Å². The minimum Gasteiger partial charge on any atom is -0.396 e. The molecule has 0 aromatic heterocycles. The van der Waals surface area contributed by atoms with Crippen LogP contribution in [0.5, 0.6) is 0 Å². The molecule has 0 bridgehead atoms. The van der Waals surface area contributed by atoms with Crippen LogP contribution in [0.3, 0.4) is 0 Å². The van der Waals surface area contributed by atoms with Gasteiger partial charge in [-0.15, -0.1) is 0 Å². The summed E-state index contributed by atoms with van der Waals surface area (Å²) < 4.78 is 0. The minimum absolute atomic E-state index is 0.336. The zero-order valence-electron chi connectivity index (χ0n) is 12.7. The smallest absolute Gasteiger partial charge is 0.0431 e. The zero-order valence-corrected chi connectivity index (χ0v) is 12.7. The lowest BCUT2D eigenvalue weighted by molar-refractivity contribution is 0.130. The molecule has 2 N–H and O–H groups in total. The van der Waals surface area contributed by atoms with Gasteiger partial charge >= 0.3 is 0 Å². The summed E-state index contributed by atoms with van der Waals surface area (Å²) in [6.07, 6.45) is 3.39. The number of hydrogen-bond donors (Lipinski definition) is 2. The van der Waals surface area contributed by atoms with E-state index < -0.39 is 0 Å². The fourth-order valence-corrected chi connectivity index (χ4v) is 2.75. The topological polar surface area (TPSA) is 35.5 Å². The average Bonchev–Trinajstić information content (AvgIpc) is 2.32. The standard InChI is InChI=1S/C15H32N2O/c1-5-17-10-13(7-6-8-18)9-14(11-17)16-12-15(2,3)4/h13-14,16,18H,5-12H2,1-4H3. The summed E-state index contributed by atoms with van der Waals surface area (Å²) in [6, 6.07) is 0.626. The highest BCUT2D eigenvalue weighted by Crippen LogP contribution is 2.22. The van der Waals surface area contributed by atoms with Gasteiger partial charge in [-0.3, -0.25) is 0 Å². The highest BCUT2D eigenvalue weighted by Gasteiger charge is 2.26. The first-order valence-corrected chi connectivity index (χ1v) is 7.51. The summed E-state index contributed by atoms with van der Waals surface area (Å²) in [6.45, 7) is 14.0. The molecule has 3 heteroatoms. The summed E-state index contributed by atoms with van der Waals surface area (Å²) in [4.78, 5) is 2.55. The Morgan fingerprint density at radius 1 is 1.28 bits per heavy atom. The number of nitrogens with zero attached hydrogens (tertiary/aromatic N) is 1. The molecule has 108 valence electrons. The van der Waals surface area contributed by atoms with Crippen LogP contribution in [-0.2, 0) is 0 Å². The maximum Gasteiger partial charge on any atom is 0.0431 e. The van der Waals surface area contributed by atoms with Crippen molar-refractivity contribution in [2.75, 3.05) is 32.8 Å². The monoisotopic (exact) mass is 256 g/mol. The van der Waals surface area contributed by atoms with Crippen molar-refractivity contribution in [1.82, 2.24) is 10.2 Å². The van der Waals surface area contributed by atoms with Gasteiger partial charge < -0.3 is 15.3 Å². The fourth-order valence-electron chi connectivity index (χ4n) is 2.75. The second-order valence-corrected chi connectivity index (χ2v) is 6.96. The van der Waals surface area contributed by atoms with E-state index in [0.717, 1.165) is 25.4 Å². The fraction of sp³-hybridized carbons (Fsp3) is 1.00. The van der Waals surface area contributed by atoms with Gasteiger partial charge in [-0.05, 0) is 37.1 Å². The molecule has 0 radical (unpaired) electrons. The van der Waals surface area contributed by atoms with Crippen molar-refractivity contribution in [2.45, 2.75) is 53.0 Å². The lowest BCUT2D eigenvalue weighted by atomic mass is 9.89. The van der Waals surface area contributed by atoms with Crippen LogP contribution in [0.4, 0.5) is 0 Å². The van der Waals surface area contributed by atoms with Crippen LogP contribution >= 0.6 is 0 Å². The first-order valence-electron chi connectivity index (χ1n) is 7.51. The second-order valence-electron chi connectivity index (χ2n) is 6.96. The van der Waals surface area contributed by atoms with Crippen molar-refractivity contribution in [3.63, 3.8) is 0 Å². The van der Waals surface area contributed by atoms with Crippen LogP contribution in [0.25, 0.3) is 0 Å². The summed E-state index contributed by atoms with van der Waals surface area (Å²) in [7, 11) is 0. The van der Waals surface area contributed by atoms with Crippen molar-refractivity contribution < 1.29 is 5.11 Å². The molecule has 1 rings (SSSR count). The molecular weight excluding hydrogens is 224 g/mol. The molecule has 0 aromatic rings. The van der Waals surface area contributed by atoms with E-state index in [1.54, 1.807) is 0 Å². The lowest BCUT2D eigenvalue weighted by Crippen LogP contribution is -2.50. The molecule has 3 nitrogen and oxygen atoms in total. The van der Waals surface area contributed by atoms with Gasteiger partial charge in [0.1, 0.15) is 0 Å². The van der Waals surface area contributed by atoms with Gasteiger partial charge in [-0.25, -0.2) is 0 Å². The van der Waals surface area contributed by atoms with Crippen LogP contribution in [0.1, 0.15) is 47.0 Å². The van der Waals surface area contributed by atoms with Crippen LogP contribution in [-0.4, -0.2) is 48.8 Å². The number of rotatable bonds is 6. The molecule has 0 spiro atoms. The average molecular weight is 256 g/mol. The molecule has 1 aliphatic heterocycles. The molecule has 0 aromatic carbocycles. The number of hydrogen-bond acceptors (Lipinski definition) is 3.